The number of amides is 2. The molecule has 0 atom stereocenters. The third-order valence-corrected chi connectivity index (χ3v) is 6.20. The minimum absolute atomic E-state index is 0.0792. The Bertz CT molecular complexity index is 1250. The Hall–Kier alpha value is -3.97. The fraction of sp³-hybridized carbons (Fsp3) is 0.241. The van der Waals surface area contributed by atoms with Gasteiger partial charge in [-0.05, 0) is 55.1 Å². The van der Waals surface area contributed by atoms with Gasteiger partial charge in [-0.25, -0.2) is 4.39 Å². The molecule has 1 aliphatic rings. The zero-order chi connectivity index (χ0) is 25.5. The summed E-state index contributed by atoms with van der Waals surface area (Å²) in [6.45, 7) is 7.53. The van der Waals surface area contributed by atoms with Gasteiger partial charge in [-0.3, -0.25) is 14.5 Å². The highest BCUT2D eigenvalue weighted by Gasteiger charge is 2.30. The smallest absolute Gasteiger partial charge is 0.294 e. The van der Waals surface area contributed by atoms with Crippen molar-refractivity contribution in [1.29, 1.82) is 0 Å². The van der Waals surface area contributed by atoms with Crippen LogP contribution in [0.25, 0.3) is 6.08 Å². The number of likely N-dealkylation sites (N-methyl/N-ethyl adjacent to an activating group) is 1. The summed E-state index contributed by atoms with van der Waals surface area (Å²) in [7, 11) is 0. The summed E-state index contributed by atoms with van der Waals surface area (Å²) in [5.74, 6) is -0.234. The molecule has 0 aliphatic carbocycles. The first-order valence-corrected chi connectivity index (χ1v) is 12.1. The molecule has 36 heavy (non-hydrogen) atoms. The van der Waals surface area contributed by atoms with E-state index in [-0.39, 0.29) is 29.9 Å². The molecule has 4 rings (SSSR count). The minimum Gasteiger partial charge on any atom is -0.449 e. The van der Waals surface area contributed by atoms with Gasteiger partial charge in [0.05, 0.1) is 12.2 Å². The number of carbonyl (C=O) groups excluding carboxylic acids is 2. The van der Waals surface area contributed by atoms with Crippen molar-refractivity contribution in [2.75, 3.05) is 31.1 Å². The number of fused-ring (bicyclic) bond motifs is 1. The van der Waals surface area contributed by atoms with Crippen LogP contribution in [0, 0.1) is 5.82 Å². The lowest BCUT2D eigenvalue weighted by Crippen LogP contribution is -2.37. The SMILES string of the molecule is CCN(CC)CCNC(=O)c1ccc(/C=C2\Oc3ccccc3N(Cc3ccccc3F)C2=O)cc1. The number of carbonyl (C=O) groups is 2. The second-order valence-electron chi connectivity index (χ2n) is 8.47. The van der Waals surface area contributed by atoms with Crippen LogP contribution in [0.15, 0.2) is 78.6 Å². The van der Waals surface area contributed by atoms with Crippen LogP contribution in [0.5, 0.6) is 5.75 Å². The van der Waals surface area contributed by atoms with Gasteiger partial charge in [0, 0.05) is 24.2 Å². The monoisotopic (exact) mass is 487 g/mol. The van der Waals surface area contributed by atoms with Crippen LogP contribution in [-0.2, 0) is 11.3 Å². The van der Waals surface area contributed by atoms with Crippen LogP contribution < -0.4 is 15.0 Å². The summed E-state index contributed by atoms with van der Waals surface area (Å²) in [6.07, 6.45) is 1.63. The van der Waals surface area contributed by atoms with E-state index in [1.807, 2.05) is 12.1 Å². The topological polar surface area (TPSA) is 61.9 Å². The second-order valence-corrected chi connectivity index (χ2v) is 8.47. The van der Waals surface area contributed by atoms with Crippen molar-refractivity contribution in [1.82, 2.24) is 10.2 Å². The number of rotatable bonds is 9. The average molecular weight is 488 g/mol. The summed E-state index contributed by atoms with van der Waals surface area (Å²) < 4.78 is 20.2. The second kappa shape index (κ2) is 11.6. The first-order chi connectivity index (χ1) is 17.5. The Morgan fingerprint density at radius 1 is 1.00 bits per heavy atom. The first-order valence-electron chi connectivity index (χ1n) is 12.1. The van der Waals surface area contributed by atoms with Gasteiger partial charge in [-0.15, -0.1) is 0 Å². The lowest BCUT2D eigenvalue weighted by molar-refractivity contribution is -0.117. The van der Waals surface area contributed by atoms with E-state index in [0.29, 0.717) is 34.7 Å². The van der Waals surface area contributed by atoms with Gasteiger partial charge in [-0.1, -0.05) is 56.3 Å². The number of hydrogen-bond acceptors (Lipinski definition) is 4. The van der Waals surface area contributed by atoms with Crippen molar-refractivity contribution >= 4 is 23.6 Å². The summed E-state index contributed by atoms with van der Waals surface area (Å²) >= 11 is 0. The highest BCUT2D eigenvalue weighted by molar-refractivity contribution is 6.09. The van der Waals surface area contributed by atoms with Crippen molar-refractivity contribution in [2.24, 2.45) is 0 Å². The van der Waals surface area contributed by atoms with Crippen molar-refractivity contribution in [2.45, 2.75) is 20.4 Å². The number of hydrogen-bond donors (Lipinski definition) is 1. The van der Waals surface area contributed by atoms with Crippen LogP contribution in [0.1, 0.15) is 35.3 Å². The van der Waals surface area contributed by atoms with E-state index in [2.05, 4.69) is 24.1 Å². The van der Waals surface area contributed by atoms with E-state index < -0.39 is 0 Å². The zero-order valence-electron chi connectivity index (χ0n) is 20.5. The van der Waals surface area contributed by atoms with Crippen LogP contribution in [0.2, 0.25) is 0 Å². The summed E-state index contributed by atoms with van der Waals surface area (Å²) in [5.41, 5.74) is 2.25. The maximum Gasteiger partial charge on any atom is 0.294 e. The van der Waals surface area contributed by atoms with Gasteiger partial charge in [-0.2, -0.15) is 0 Å². The van der Waals surface area contributed by atoms with Crippen molar-refractivity contribution in [3.8, 4) is 5.75 Å². The molecule has 0 aromatic heterocycles. The van der Waals surface area contributed by atoms with Gasteiger partial charge in [0.1, 0.15) is 5.82 Å². The number of para-hydroxylation sites is 2. The maximum atomic E-state index is 14.3. The number of nitrogens with one attached hydrogen (secondary N) is 1. The molecule has 186 valence electrons. The minimum atomic E-state index is -0.370. The first kappa shape index (κ1) is 25.1. The maximum absolute atomic E-state index is 14.3. The molecular weight excluding hydrogens is 457 g/mol. The molecule has 6 nitrogen and oxygen atoms in total. The Morgan fingerprint density at radius 3 is 2.42 bits per heavy atom. The summed E-state index contributed by atoms with van der Waals surface area (Å²) in [5, 5.41) is 2.94. The van der Waals surface area contributed by atoms with Crippen molar-refractivity contribution < 1.29 is 18.7 Å². The van der Waals surface area contributed by atoms with E-state index in [4.69, 9.17) is 4.74 Å². The lowest BCUT2D eigenvalue weighted by Gasteiger charge is -2.30. The zero-order valence-corrected chi connectivity index (χ0v) is 20.5. The molecule has 1 heterocycles. The van der Waals surface area contributed by atoms with Gasteiger partial charge >= 0.3 is 0 Å². The lowest BCUT2D eigenvalue weighted by atomic mass is 10.1. The molecular formula is C29H30FN3O3. The highest BCUT2D eigenvalue weighted by atomic mass is 19.1. The third kappa shape index (κ3) is 5.80. The van der Waals surface area contributed by atoms with Crippen LogP contribution in [-0.4, -0.2) is 42.9 Å². The molecule has 1 aliphatic heterocycles. The Kier molecular flexibility index (Phi) is 8.13. The number of halogens is 1. The predicted molar refractivity (Wildman–Crippen MR) is 139 cm³/mol. The fourth-order valence-electron chi connectivity index (χ4n) is 4.07. The fourth-order valence-corrected chi connectivity index (χ4v) is 4.07. The van der Waals surface area contributed by atoms with E-state index in [1.54, 1.807) is 60.7 Å². The van der Waals surface area contributed by atoms with Crippen molar-refractivity contribution in [3.63, 3.8) is 0 Å². The van der Waals surface area contributed by atoms with Gasteiger partial charge < -0.3 is 15.0 Å². The molecule has 2 amide bonds. The van der Waals surface area contributed by atoms with Crippen LogP contribution in [0.4, 0.5) is 10.1 Å². The molecule has 3 aromatic rings. The predicted octanol–water partition coefficient (Wildman–Crippen LogP) is 4.86. The van der Waals surface area contributed by atoms with Gasteiger partial charge in [0.15, 0.2) is 11.5 Å². The largest absolute Gasteiger partial charge is 0.449 e. The van der Waals surface area contributed by atoms with E-state index in [1.165, 1.54) is 11.0 Å². The molecule has 0 fully saturated rings. The number of benzene rings is 3. The standard InChI is InChI=1S/C29H30FN3O3/c1-3-32(4-2)18-17-31-28(34)22-15-13-21(14-16-22)19-27-29(35)33(20-23-9-5-6-10-24(23)30)25-11-7-8-12-26(25)36-27/h5-16,19H,3-4,17-18,20H2,1-2H3,(H,31,34)/b27-19-. The number of anilines is 1. The Labute approximate surface area is 211 Å². The third-order valence-electron chi connectivity index (χ3n) is 6.20. The normalized spacial score (nSPS) is 14.1. The molecule has 0 spiro atoms. The van der Waals surface area contributed by atoms with E-state index >= 15 is 0 Å². The van der Waals surface area contributed by atoms with Crippen LogP contribution >= 0.6 is 0 Å². The van der Waals surface area contributed by atoms with E-state index in [0.717, 1.165) is 19.6 Å². The highest BCUT2D eigenvalue weighted by Crippen LogP contribution is 2.36. The molecule has 0 saturated heterocycles. The molecule has 1 N–H and O–H groups in total. The summed E-state index contributed by atoms with van der Waals surface area (Å²) in [6, 6.07) is 20.6. The Morgan fingerprint density at radius 2 is 1.69 bits per heavy atom. The molecule has 0 bridgehead atoms. The summed E-state index contributed by atoms with van der Waals surface area (Å²) in [4.78, 5) is 29.6. The molecule has 0 saturated carbocycles. The van der Waals surface area contributed by atoms with E-state index in [9.17, 15) is 14.0 Å². The van der Waals surface area contributed by atoms with Crippen LogP contribution in [0.3, 0.4) is 0 Å². The number of ether oxygens (including phenoxy) is 1. The molecule has 3 aromatic carbocycles. The average Bonchev–Trinajstić information content (AvgIpc) is 2.90. The molecule has 0 unspecified atom stereocenters. The number of nitrogens with zero attached hydrogens (tertiary/aromatic N) is 2. The quantitative estimate of drug-likeness (QED) is 0.438. The van der Waals surface area contributed by atoms with Gasteiger partial charge in [0.25, 0.3) is 11.8 Å². The van der Waals surface area contributed by atoms with Crippen molar-refractivity contribution in [3.05, 3.63) is 101 Å². The molecule has 7 heteroatoms. The van der Waals surface area contributed by atoms with Gasteiger partial charge in [0.2, 0.25) is 0 Å². The Balaban J connectivity index is 1.50. The molecule has 0 radical (unpaired) electrons.